The quantitative estimate of drug-likeness (QED) is 0.312. The summed E-state index contributed by atoms with van der Waals surface area (Å²) in [5.74, 6) is 0.438. The number of anilines is 1. The van der Waals surface area contributed by atoms with Crippen molar-refractivity contribution in [1.82, 2.24) is 14.9 Å². The predicted molar refractivity (Wildman–Crippen MR) is 142 cm³/mol. The topological polar surface area (TPSA) is 88.0 Å². The normalized spacial score (nSPS) is 13.9. The molecule has 5 aromatic rings. The van der Waals surface area contributed by atoms with Crippen LogP contribution in [-0.2, 0) is 4.79 Å². The zero-order chi connectivity index (χ0) is 24.6. The van der Waals surface area contributed by atoms with Gasteiger partial charge in [0.05, 0.1) is 20.4 Å². The zero-order valence-corrected chi connectivity index (χ0v) is 21.0. The molecule has 1 aliphatic rings. The van der Waals surface area contributed by atoms with Crippen molar-refractivity contribution < 1.29 is 19.4 Å². The van der Waals surface area contributed by atoms with E-state index >= 15 is 0 Å². The highest BCUT2D eigenvalue weighted by Crippen LogP contribution is 2.46. The number of carbonyl (C=O) groups excluding carboxylic acids is 1. The Hall–Kier alpha value is -3.89. The Bertz CT molecular complexity index is 1410. The van der Waals surface area contributed by atoms with Crippen molar-refractivity contribution in [3.05, 3.63) is 60.7 Å². The lowest BCUT2D eigenvalue weighted by molar-refractivity contribution is -0.129. The number of nitrogens with zero attached hydrogens (tertiary/aromatic N) is 4. The molecule has 6 rings (SSSR count). The van der Waals surface area contributed by atoms with E-state index < -0.39 is 0 Å². The first-order valence-corrected chi connectivity index (χ1v) is 13.1. The fourth-order valence-electron chi connectivity index (χ4n) is 4.16. The molecule has 1 fully saturated rings. The number of carbonyl (C=O) groups is 1. The largest absolute Gasteiger partial charge is 0.502 e. The van der Waals surface area contributed by atoms with E-state index in [4.69, 9.17) is 9.47 Å². The number of piperazine rings is 1. The molecule has 0 spiro atoms. The molecular formula is C26H22N4O4S2. The lowest BCUT2D eigenvalue weighted by atomic mass is 10.2. The van der Waals surface area contributed by atoms with Crippen molar-refractivity contribution >= 4 is 54.7 Å². The molecule has 1 amide bonds. The number of thiazole rings is 2. The molecule has 0 saturated carbocycles. The number of amides is 1. The fraction of sp³-hybridized carbons (Fsp3) is 0.192. The number of fused-ring (bicyclic) bond motifs is 2. The van der Waals surface area contributed by atoms with Gasteiger partial charge in [0.1, 0.15) is 0 Å². The van der Waals surface area contributed by atoms with Gasteiger partial charge in [0.25, 0.3) is 10.4 Å². The van der Waals surface area contributed by atoms with Gasteiger partial charge in [-0.05, 0) is 24.3 Å². The average molecular weight is 519 g/mol. The van der Waals surface area contributed by atoms with Crippen LogP contribution in [0.2, 0.25) is 0 Å². The summed E-state index contributed by atoms with van der Waals surface area (Å²) in [6.45, 7) is 4.15. The van der Waals surface area contributed by atoms with E-state index in [1.54, 1.807) is 19.1 Å². The van der Waals surface area contributed by atoms with Gasteiger partial charge in [-0.1, -0.05) is 46.9 Å². The third-order valence-electron chi connectivity index (χ3n) is 6.06. The molecule has 1 aliphatic heterocycles. The number of ether oxygens (including phenoxy) is 2. The molecule has 0 atom stereocenters. The Balaban J connectivity index is 1.36. The molecule has 2 aromatic heterocycles. The van der Waals surface area contributed by atoms with E-state index in [2.05, 4.69) is 14.9 Å². The highest BCUT2D eigenvalue weighted by Gasteiger charge is 2.23. The summed E-state index contributed by atoms with van der Waals surface area (Å²) < 4.78 is 14.2. The third kappa shape index (κ3) is 4.40. The summed E-state index contributed by atoms with van der Waals surface area (Å²) in [7, 11) is 0. The summed E-state index contributed by atoms with van der Waals surface area (Å²) >= 11 is 2.81. The second-order valence-electron chi connectivity index (χ2n) is 8.38. The van der Waals surface area contributed by atoms with Gasteiger partial charge in [-0.25, -0.2) is 9.97 Å². The number of para-hydroxylation sites is 2. The standard InChI is InChI=1S/C26H22N4O4S2/c1-16(31)29-10-12-30(13-11-29)17-14-20(33-25-27-18-6-2-4-8-22(18)35-25)24(32)21(15-17)34-26-28-19-7-3-5-9-23(19)36-26/h2-9,14-15,32H,10-13H2,1H3. The van der Waals surface area contributed by atoms with Crippen LogP contribution in [0.25, 0.3) is 20.4 Å². The summed E-state index contributed by atoms with van der Waals surface area (Å²) in [5, 5.41) is 12.0. The molecule has 0 unspecified atom stereocenters. The van der Waals surface area contributed by atoms with E-state index in [1.807, 2.05) is 53.4 Å². The lowest BCUT2D eigenvalue weighted by Crippen LogP contribution is -2.48. The molecule has 0 aliphatic carbocycles. The van der Waals surface area contributed by atoms with E-state index in [0.717, 1.165) is 26.1 Å². The number of phenolic OH excluding ortho intramolecular Hbond substituents is 1. The maximum Gasteiger partial charge on any atom is 0.279 e. The van der Waals surface area contributed by atoms with Gasteiger partial charge in [-0.2, -0.15) is 0 Å². The number of rotatable bonds is 5. The molecule has 3 aromatic carbocycles. The minimum atomic E-state index is -0.125. The number of aromatic nitrogens is 2. The summed E-state index contributed by atoms with van der Waals surface area (Å²) in [5.41, 5.74) is 2.49. The van der Waals surface area contributed by atoms with Crippen LogP contribution in [0.3, 0.4) is 0 Å². The van der Waals surface area contributed by atoms with Crippen molar-refractivity contribution in [2.75, 3.05) is 31.1 Å². The van der Waals surface area contributed by atoms with Gasteiger partial charge in [0.15, 0.2) is 11.5 Å². The molecule has 8 nitrogen and oxygen atoms in total. The van der Waals surface area contributed by atoms with Crippen molar-refractivity contribution in [2.24, 2.45) is 0 Å². The van der Waals surface area contributed by atoms with Crippen LogP contribution in [0.5, 0.6) is 27.6 Å². The Morgan fingerprint density at radius 3 is 1.81 bits per heavy atom. The van der Waals surface area contributed by atoms with Crippen molar-refractivity contribution in [1.29, 1.82) is 0 Å². The molecule has 1 N–H and O–H groups in total. The van der Waals surface area contributed by atoms with E-state index in [0.29, 0.717) is 36.6 Å². The van der Waals surface area contributed by atoms with E-state index in [9.17, 15) is 9.90 Å². The van der Waals surface area contributed by atoms with Gasteiger partial charge in [0.2, 0.25) is 11.7 Å². The molecule has 1 saturated heterocycles. The first-order chi connectivity index (χ1) is 17.5. The maximum absolute atomic E-state index is 11.8. The smallest absolute Gasteiger partial charge is 0.279 e. The number of hydrogen-bond donors (Lipinski definition) is 1. The Kier molecular flexibility index (Phi) is 5.82. The van der Waals surface area contributed by atoms with Crippen LogP contribution in [-0.4, -0.2) is 52.1 Å². The first-order valence-electron chi connectivity index (χ1n) is 11.5. The van der Waals surface area contributed by atoms with Crippen LogP contribution in [0.15, 0.2) is 60.7 Å². The fourth-order valence-corrected chi connectivity index (χ4v) is 5.82. The highest BCUT2D eigenvalue weighted by molar-refractivity contribution is 7.20. The van der Waals surface area contributed by atoms with Crippen LogP contribution >= 0.6 is 22.7 Å². The highest BCUT2D eigenvalue weighted by atomic mass is 32.1. The van der Waals surface area contributed by atoms with E-state index in [1.165, 1.54) is 22.7 Å². The number of hydrogen-bond acceptors (Lipinski definition) is 9. The van der Waals surface area contributed by atoms with E-state index in [-0.39, 0.29) is 23.2 Å². The number of benzene rings is 3. The lowest BCUT2D eigenvalue weighted by Gasteiger charge is -2.35. The Morgan fingerprint density at radius 2 is 1.33 bits per heavy atom. The molecule has 0 radical (unpaired) electrons. The molecule has 10 heteroatoms. The summed E-state index contributed by atoms with van der Waals surface area (Å²) in [6, 6.07) is 19.1. The average Bonchev–Trinajstić information content (AvgIpc) is 3.49. The van der Waals surface area contributed by atoms with Gasteiger partial charge in [-0.15, -0.1) is 0 Å². The van der Waals surface area contributed by atoms with Crippen molar-refractivity contribution in [3.8, 4) is 27.6 Å². The Labute approximate surface area is 215 Å². The van der Waals surface area contributed by atoms with Crippen LogP contribution < -0.4 is 14.4 Å². The zero-order valence-electron chi connectivity index (χ0n) is 19.4. The second kappa shape index (κ2) is 9.29. The molecular weight excluding hydrogens is 496 g/mol. The van der Waals surface area contributed by atoms with Gasteiger partial charge >= 0.3 is 0 Å². The number of aromatic hydroxyl groups is 1. The molecule has 3 heterocycles. The predicted octanol–water partition coefficient (Wildman–Crippen LogP) is 5.86. The minimum Gasteiger partial charge on any atom is -0.502 e. The van der Waals surface area contributed by atoms with Gasteiger partial charge in [0, 0.05) is 50.9 Å². The Morgan fingerprint density at radius 1 is 0.833 bits per heavy atom. The van der Waals surface area contributed by atoms with Crippen molar-refractivity contribution in [3.63, 3.8) is 0 Å². The maximum atomic E-state index is 11.8. The summed E-state index contributed by atoms with van der Waals surface area (Å²) in [6.07, 6.45) is 0. The molecule has 36 heavy (non-hydrogen) atoms. The van der Waals surface area contributed by atoms with Gasteiger partial charge < -0.3 is 24.4 Å². The van der Waals surface area contributed by atoms with Crippen LogP contribution in [0.4, 0.5) is 5.69 Å². The summed E-state index contributed by atoms with van der Waals surface area (Å²) in [4.78, 5) is 24.8. The van der Waals surface area contributed by atoms with Gasteiger partial charge in [-0.3, -0.25) is 4.79 Å². The van der Waals surface area contributed by atoms with Crippen molar-refractivity contribution in [2.45, 2.75) is 6.92 Å². The molecule has 182 valence electrons. The van der Waals surface area contributed by atoms with Crippen LogP contribution in [0.1, 0.15) is 6.92 Å². The monoisotopic (exact) mass is 518 g/mol. The SMILES string of the molecule is CC(=O)N1CCN(c2cc(Oc3nc4ccccc4s3)c(O)c(Oc3nc4ccccc4s3)c2)CC1. The second-order valence-corrected chi connectivity index (χ2v) is 10.4. The third-order valence-corrected chi connectivity index (χ3v) is 7.89. The molecule has 0 bridgehead atoms. The number of phenols is 1. The first kappa shape index (κ1) is 22.6. The minimum absolute atomic E-state index is 0.0695. The van der Waals surface area contributed by atoms with Crippen LogP contribution in [0, 0.1) is 0 Å².